The van der Waals surface area contributed by atoms with Crippen molar-refractivity contribution < 1.29 is 0 Å². The van der Waals surface area contributed by atoms with Crippen LogP contribution in [-0.2, 0) is 7.05 Å². The minimum Gasteiger partial charge on any atom is -0.310 e. The second-order valence-electron chi connectivity index (χ2n) is 4.55. The highest BCUT2D eigenvalue weighted by Crippen LogP contribution is 2.15. The van der Waals surface area contributed by atoms with E-state index in [2.05, 4.69) is 42.5 Å². The van der Waals surface area contributed by atoms with Gasteiger partial charge < -0.3 is 10.2 Å². The maximum Gasteiger partial charge on any atom is 0.0537 e. The first-order chi connectivity index (χ1) is 7.63. The summed E-state index contributed by atoms with van der Waals surface area (Å²) in [6.07, 6.45) is 6.35. The van der Waals surface area contributed by atoms with Crippen LogP contribution in [-0.4, -0.2) is 41.9 Å². The van der Waals surface area contributed by atoms with Gasteiger partial charge in [0.15, 0.2) is 0 Å². The normalized spacial score (nSPS) is 13.3. The highest BCUT2D eigenvalue weighted by Gasteiger charge is 2.12. The molecular formula is C12H24N4. The predicted octanol–water partition coefficient (Wildman–Crippen LogP) is 1.41. The van der Waals surface area contributed by atoms with Gasteiger partial charge in [-0.3, -0.25) is 4.68 Å². The molecule has 0 bridgehead atoms. The lowest BCUT2D eigenvalue weighted by Gasteiger charge is -2.19. The molecule has 4 nitrogen and oxygen atoms in total. The number of hydrogen-bond donors (Lipinski definition) is 1. The van der Waals surface area contributed by atoms with Crippen molar-refractivity contribution in [3.05, 3.63) is 18.0 Å². The Morgan fingerprint density at radius 2 is 2.25 bits per heavy atom. The molecule has 1 rings (SSSR count). The largest absolute Gasteiger partial charge is 0.310 e. The lowest BCUT2D eigenvalue weighted by molar-refractivity contribution is 0.361. The molecule has 92 valence electrons. The van der Waals surface area contributed by atoms with Gasteiger partial charge in [0, 0.05) is 24.8 Å². The van der Waals surface area contributed by atoms with Gasteiger partial charge in [-0.05, 0) is 40.0 Å². The van der Waals surface area contributed by atoms with Crippen LogP contribution in [0.3, 0.4) is 0 Å². The van der Waals surface area contributed by atoms with E-state index >= 15 is 0 Å². The van der Waals surface area contributed by atoms with Crippen LogP contribution >= 0.6 is 0 Å². The van der Waals surface area contributed by atoms with Crippen LogP contribution in [0.2, 0.25) is 0 Å². The molecule has 0 radical (unpaired) electrons. The third kappa shape index (κ3) is 4.33. The van der Waals surface area contributed by atoms with Gasteiger partial charge in [-0.2, -0.15) is 5.10 Å². The van der Waals surface area contributed by atoms with Crippen molar-refractivity contribution in [1.29, 1.82) is 0 Å². The summed E-state index contributed by atoms with van der Waals surface area (Å²) in [6.45, 7) is 4.35. The van der Waals surface area contributed by atoms with Crippen molar-refractivity contribution in [1.82, 2.24) is 20.0 Å². The van der Waals surface area contributed by atoms with Crippen molar-refractivity contribution in [3.8, 4) is 0 Å². The zero-order valence-electron chi connectivity index (χ0n) is 10.9. The van der Waals surface area contributed by atoms with Crippen molar-refractivity contribution in [2.45, 2.75) is 25.8 Å². The van der Waals surface area contributed by atoms with Crippen LogP contribution in [0.1, 0.15) is 31.4 Å². The molecule has 0 aliphatic rings. The summed E-state index contributed by atoms with van der Waals surface area (Å²) in [5.41, 5.74) is 1.29. The number of hydrogen-bond acceptors (Lipinski definition) is 3. The number of nitrogens with one attached hydrogen (secondary N) is 1. The molecule has 1 unspecified atom stereocenters. The van der Waals surface area contributed by atoms with Crippen molar-refractivity contribution in [2.75, 3.05) is 27.2 Å². The quantitative estimate of drug-likeness (QED) is 0.760. The molecule has 0 spiro atoms. The maximum atomic E-state index is 4.24. The predicted molar refractivity (Wildman–Crippen MR) is 67.4 cm³/mol. The van der Waals surface area contributed by atoms with Gasteiger partial charge in [0.25, 0.3) is 0 Å². The molecule has 1 aromatic rings. The van der Waals surface area contributed by atoms with Crippen molar-refractivity contribution in [3.63, 3.8) is 0 Å². The first kappa shape index (κ1) is 13.2. The molecule has 0 amide bonds. The molecule has 0 aliphatic heterocycles. The summed E-state index contributed by atoms with van der Waals surface area (Å²) in [4.78, 5) is 2.22. The van der Waals surface area contributed by atoms with Gasteiger partial charge in [0.2, 0.25) is 0 Å². The van der Waals surface area contributed by atoms with Crippen LogP contribution in [0.4, 0.5) is 0 Å². The van der Waals surface area contributed by atoms with E-state index in [1.54, 1.807) is 0 Å². The minimum atomic E-state index is 0.427. The highest BCUT2D eigenvalue weighted by molar-refractivity contribution is 5.10. The molecule has 0 saturated carbocycles. The Balaban J connectivity index is 2.55. The molecule has 1 N–H and O–H groups in total. The molecule has 0 fully saturated rings. The minimum absolute atomic E-state index is 0.427. The number of aryl methyl sites for hydroxylation is 1. The maximum absolute atomic E-state index is 4.24. The molecule has 1 atom stereocenters. The van der Waals surface area contributed by atoms with E-state index in [1.165, 1.54) is 12.0 Å². The standard InChI is InChI=1S/C12H24N4/c1-5-7-13-12(6-8-15(2)3)11-9-14-16(4)10-11/h9-10,12-13H,5-8H2,1-4H3. The zero-order chi connectivity index (χ0) is 12.0. The van der Waals surface area contributed by atoms with E-state index in [0.717, 1.165) is 19.5 Å². The molecule has 0 aliphatic carbocycles. The molecule has 16 heavy (non-hydrogen) atoms. The van der Waals surface area contributed by atoms with Crippen LogP contribution in [0.5, 0.6) is 0 Å². The summed E-state index contributed by atoms with van der Waals surface area (Å²) in [6, 6.07) is 0.427. The van der Waals surface area contributed by atoms with Gasteiger partial charge >= 0.3 is 0 Å². The summed E-state index contributed by atoms with van der Waals surface area (Å²) >= 11 is 0. The third-order valence-electron chi connectivity index (χ3n) is 2.63. The third-order valence-corrected chi connectivity index (χ3v) is 2.63. The Morgan fingerprint density at radius 1 is 1.50 bits per heavy atom. The van der Waals surface area contributed by atoms with E-state index in [1.807, 2.05) is 17.9 Å². The smallest absolute Gasteiger partial charge is 0.0537 e. The second kappa shape index (κ2) is 6.66. The average molecular weight is 224 g/mol. The Bertz CT molecular complexity index is 293. The van der Waals surface area contributed by atoms with Crippen molar-refractivity contribution in [2.24, 2.45) is 7.05 Å². The van der Waals surface area contributed by atoms with Gasteiger partial charge in [0.05, 0.1) is 6.20 Å². The van der Waals surface area contributed by atoms with E-state index in [0.29, 0.717) is 6.04 Å². The molecular weight excluding hydrogens is 200 g/mol. The fourth-order valence-corrected chi connectivity index (χ4v) is 1.71. The Labute approximate surface area is 98.6 Å². The SMILES string of the molecule is CCCNC(CCN(C)C)c1cnn(C)c1. The molecule has 4 heteroatoms. The Kier molecular flexibility index (Phi) is 5.49. The van der Waals surface area contributed by atoms with Gasteiger partial charge in [-0.1, -0.05) is 6.92 Å². The topological polar surface area (TPSA) is 33.1 Å². The monoisotopic (exact) mass is 224 g/mol. The first-order valence-corrected chi connectivity index (χ1v) is 6.00. The van der Waals surface area contributed by atoms with Crippen LogP contribution < -0.4 is 5.32 Å². The van der Waals surface area contributed by atoms with Crippen LogP contribution in [0.25, 0.3) is 0 Å². The fourth-order valence-electron chi connectivity index (χ4n) is 1.71. The van der Waals surface area contributed by atoms with Gasteiger partial charge in [-0.15, -0.1) is 0 Å². The number of aromatic nitrogens is 2. The van der Waals surface area contributed by atoms with E-state index in [9.17, 15) is 0 Å². The number of nitrogens with zero attached hydrogens (tertiary/aromatic N) is 3. The van der Waals surface area contributed by atoms with Crippen LogP contribution in [0.15, 0.2) is 12.4 Å². The molecule has 1 heterocycles. The van der Waals surface area contributed by atoms with Gasteiger partial charge in [-0.25, -0.2) is 0 Å². The summed E-state index contributed by atoms with van der Waals surface area (Å²) in [5, 5.41) is 7.81. The Morgan fingerprint density at radius 3 is 2.75 bits per heavy atom. The first-order valence-electron chi connectivity index (χ1n) is 6.00. The van der Waals surface area contributed by atoms with Crippen molar-refractivity contribution >= 4 is 0 Å². The highest BCUT2D eigenvalue weighted by atomic mass is 15.2. The van der Waals surface area contributed by atoms with E-state index < -0.39 is 0 Å². The molecule has 1 aromatic heterocycles. The second-order valence-corrected chi connectivity index (χ2v) is 4.55. The summed E-state index contributed by atoms with van der Waals surface area (Å²) < 4.78 is 1.87. The zero-order valence-corrected chi connectivity index (χ0v) is 10.9. The lowest BCUT2D eigenvalue weighted by Crippen LogP contribution is -2.26. The van der Waals surface area contributed by atoms with Crippen LogP contribution in [0, 0.1) is 0 Å². The van der Waals surface area contributed by atoms with Gasteiger partial charge in [0.1, 0.15) is 0 Å². The molecule has 0 aromatic carbocycles. The molecule has 0 saturated heterocycles. The summed E-state index contributed by atoms with van der Waals surface area (Å²) in [5.74, 6) is 0. The fraction of sp³-hybridized carbons (Fsp3) is 0.750. The van der Waals surface area contributed by atoms with E-state index in [4.69, 9.17) is 0 Å². The number of rotatable bonds is 7. The summed E-state index contributed by atoms with van der Waals surface area (Å²) in [7, 11) is 6.19. The Hall–Kier alpha value is -0.870. The lowest BCUT2D eigenvalue weighted by atomic mass is 10.1. The van der Waals surface area contributed by atoms with E-state index in [-0.39, 0.29) is 0 Å². The average Bonchev–Trinajstić information content (AvgIpc) is 2.64.